The van der Waals surface area contributed by atoms with Gasteiger partial charge in [0.15, 0.2) is 0 Å². The van der Waals surface area contributed by atoms with Crippen LogP contribution in [0.25, 0.3) is 0 Å². The van der Waals surface area contributed by atoms with Crippen molar-refractivity contribution in [1.29, 1.82) is 0 Å². The molecule has 1 aliphatic rings. The molecule has 6 heteroatoms. The van der Waals surface area contributed by atoms with E-state index in [1.54, 1.807) is 6.92 Å². The van der Waals surface area contributed by atoms with Crippen LogP contribution in [0.3, 0.4) is 0 Å². The van der Waals surface area contributed by atoms with Gasteiger partial charge in [-0.25, -0.2) is 0 Å². The van der Waals surface area contributed by atoms with Gasteiger partial charge < -0.3 is 14.6 Å². The number of hydrogen-bond donors (Lipinski definition) is 1. The van der Waals surface area contributed by atoms with Gasteiger partial charge in [0.2, 0.25) is 5.89 Å². The van der Waals surface area contributed by atoms with E-state index in [4.69, 9.17) is 16.0 Å². The molecular formula is C14H17ClN4O. The molecular weight excluding hydrogens is 276 g/mol. The Morgan fingerprint density at radius 3 is 2.50 bits per heavy atom. The number of aromatic nitrogens is 2. The van der Waals surface area contributed by atoms with Gasteiger partial charge in [-0.2, -0.15) is 0 Å². The zero-order chi connectivity index (χ0) is 13.9. The highest BCUT2D eigenvalue weighted by atomic mass is 35.5. The zero-order valence-electron chi connectivity index (χ0n) is 11.3. The summed E-state index contributed by atoms with van der Waals surface area (Å²) in [4.78, 5) is 2.39. The molecule has 106 valence electrons. The van der Waals surface area contributed by atoms with Gasteiger partial charge in [-0.3, -0.25) is 0 Å². The standard InChI is InChI=1S/C14H17ClN4O/c1-10(15)13-17-18-14(20-13)16-11-4-6-12(7-5-11)19-8-2-3-9-19/h4-7,10H,2-3,8-9H2,1H3,(H,16,18). The van der Waals surface area contributed by atoms with Crippen LogP contribution in [-0.2, 0) is 0 Å². The van der Waals surface area contributed by atoms with Gasteiger partial charge in [-0.15, -0.1) is 16.7 Å². The highest BCUT2D eigenvalue weighted by Gasteiger charge is 2.13. The summed E-state index contributed by atoms with van der Waals surface area (Å²) in [6.07, 6.45) is 2.56. The molecule has 0 aliphatic carbocycles. The lowest BCUT2D eigenvalue weighted by atomic mass is 10.2. The first kappa shape index (κ1) is 13.2. The lowest BCUT2D eigenvalue weighted by Crippen LogP contribution is -2.17. The topological polar surface area (TPSA) is 54.2 Å². The number of nitrogens with one attached hydrogen (secondary N) is 1. The number of anilines is 3. The molecule has 1 fully saturated rings. The van der Waals surface area contributed by atoms with E-state index in [-0.39, 0.29) is 5.38 Å². The molecule has 3 rings (SSSR count). The Hall–Kier alpha value is -1.75. The van der Waals surface area contributed by atoms with E-state index in [2.05, 4.69) is 32.5 Å². The molecule has 2 aromatic rings. The van der Waals surface area contributed by atoms with Gasteiger partial charge in [-0.1, -0.05) is 5.10 Å². The van der Waals surface area contributed by atoms with E-state index in [1.165, 1.54) is 18.5 Å². The monoisotopic (exact) mass is 292 g/mol. The third kappa shape index (κ3) is 2.88. The van der Waals surface area contributed by atoms with Crippen molar-refractivity contribution in [2.75, 3.05) is 23.3 Å². The molecule has 5 nitrogen and oxygen atoms in total. The van der Waals surface area contributed by atoms with Crippen LogP contribution in [0.5, 0.6) is 0 Å². The zero-order valence-corrected chi connectivity index (χ0v) is 12.1. The maximum Gasteiger partial charge on any atom is 0.320 e. The molecule has 2 heterocycles. The summed E-state index contributed by atoms with van der Waals surface area (Å²) in [7, 11) is 0. The smallest absolute Gasteiger partial charge is 0.320 e. The van der Waals surface area contributed by atoms with E-state index in [0.29, 0.717) is 11.9 Å². The number of alkyl halides is 1. The molecule has 0 spiro atoms. The lowest BCUT2D eigenvalue weighted by molar-refractivity contribution is 0.510. The highest BCUT2D eigenvalue weighted by Crippen LogP contribution is 2.25. The second-order valence-corrected chi connectivity index (χ2v) is 5.58. The predicted molar refractivity (Wildman–Crippen MR) is 79.7 cm³/mol. The minimum Gasteiger partial charge on any atom is -0.406 e. The summed E-state index contributed by atoms with van der Waals surface area (Å²) < 4.78 is 5.40. The van der Waals surface area contributed by atoms with Crippen LogP contribution in [-0.4, -0.2) is 23.3 Å². The second kappa shape index (κ2) is 5.71. The quantitative estimate of drug-likeness (QED) is 0.871. The second-order valence-electron chi connectivity index (χ2n) is 4.93. The lowest BCUT2D eigenvalue weighted by Gasteiger charge is -2.17. The normalized spacial score (nSPS) is 16.4. The average Bonchev–Trinajstić information content (AvgIpc) is 3.10. The van der Waals surface area contributed by atoms with Gasteiger partial charge in [0.25, 0.3) is 0 Å². The summed E-state index contributed by atoms with van der Waals surface area (Å²) in [5.74, 6) is 0.419. The first-order chi connectivity index (χ1) is 9.72. The summed E-state index contributed by atoms with van der Waals surface area (Å²) >= 11 is 5.88. The molecule has 0 radical (unpaired) electrons. The highest BCUT2D eigenvalue weighted by molar-refractivity contribution is 6.20. The van der Waals surface area contributed by atoms with Crippen LogP contribution in [0.1, 0.15) is 31.0 Å². The van der Waals surface area contributed by atoms with Crippen LogP contribution in [0.4, 0.5) is 17.4 Å². The fraction of sp³-hybridized carbons (Fsp3) is 0.429. The first-order valence-corrected chi connectivity index (χ1v) is 7.25. The predicted octanol–water partition coefficient (Wildman–Crippen LogP) is 3.71. The molecule has 1 unspecified atom stereocenters. The number of hydrogen-bond acceptors (Lipinski definition) is 5. The van der Waals surface area contributed by atoms with Crippen LogP contribution < -0.4 is 10.2 Å². The van der Waals surface area contributed by atoms with Crippen molar-refractivity contribution in [2.45, 2.75) is 25.1 Å². The summed E-state index contributed by atoms with van der Waals surface area (Å²) in [5, 5.41) is 10.6. The van der Waals surface area contributed by atoms with Crippen molar-refractivity contribution >= 4 is 29.0 Å². The van der Waals surface area contributed by atoms with Gasteiger partial charge in [0.1, 0.15) is 5.38 Å². The van der Waals surface area contributed by atoms with E-state index in [1.807, 2.05) is 12.1 Å². The number of benzene rings is 1. The number of halogens is 1. The SMILES string of the molecule is CC(Cl)c1nnc(Nc2ccc(N3CCCC3)cc2)o1. The van der Waals surface area contributed by atoms with Crippen molar-refractivity contribution in [3.8, 4) is 0 Å². The number of nitrogens with zero attached hydrogens (tertiary/aromatic N) is 3. The molecule has 1 saturated heterocycles. The Morgan fingerprint density at radius 1 is 1.20 bits per heavy atom. The Balaban J connectivity index is 1.67. The van der Waals surface area contributed by atoms with Gasteiger partial charge in [0.05, 0.1) is 0 Å². The summed E-state index contributed by atoms with van der Waals surface area (Å²) in [5.41, 5.74) is 2.18. The van der Waals surface area contributed by atoms with Crippen LogP contribution in [0.15, 0.2) is 28.7 Å². The minimum atomic E-state index is -0.282. The Morgan fingerprint density at radius 2 is 1.90 bits per heavy atom. The van der Waals surface area contributed by atoms with Gasteiger partial charge in [0, 0.05) is 24.5 Å². The molecule has 0 bridgehead atoms. The van der Waals surface area contributed by atoms with Crippen LogP contribution >= 0.6 is 11.6 Å². The van der Waals surface area contributed by atoms with E-state index >= 15 is 0 Å². The third-order valence-electron chi connectivity index (χ3n) is 3.37. The fourth-order valence-electron chi connectivity index (χ4n) is 2.30. The summed E-state index contributed by atoms with van der Waals surface area (Å²) in [6, 6.07) is 8.61. The van der Waals surface area contributed by atoms with Crippen LogP contribution in [0.2, 0.25) is 0 Å². The van der Waals surface area contributed by atoms with Gasteiger partial charge in [-0.05, 0) is 44.0 Å². The van der Waals surface area contributed by atoms with Crippen LogP contribution in [0, 0.1) is 0 Å². The molecule has 1 N–H and O–H groups in total. The average molecular weight is 293 g/mol. The fourth-order valence-corrected chi connectivity index (χ4v) is 2.39. The largest absolute Gasteiger partial charge is 0.406 e. The van der Waals surface area contributed by atoms with Gasteiger partial charge >= 0.3 is 6.01 Å². The summed E-state index contributed by atoms with van der Waals surface area (Å²) in [6.45, 7) is 4.09. The molecule has 1 aromatic heterocycles. The number of rotatable bonds is 4. The van der Waals surface area contributed by atoms with Crippen molar-refractivity contribution < 1.29 is 4.42 Å². The Labute approximate surface area is 122 Å². The Bertz CT molecular complexity index is 561. The molecule has 20 heavy (non-hydrogen) atoms. The first-order valence-electron chi connectivity index (χ1n) is 6.82. The molecule has 1 atom stereocenters. The van der Waals surface area contributed by atoms with E-state index in [0.717, 1.165) is 18.8 Å². The van der Waals surface area contributed by atoms with E-state index < -0.39 is 0 Å². The third-order valence-corrected chi connectivity index (χ3v) is 3.56. The molecule has 0 saturated carbocycles. The maximum atomic E-state index is 5.88. The minimum absolute atomic E-state index is 0.282. The molecule has 1 aliphatic heterocycles. The Kier molecular flexibility index (Phi) is 3.78. The van der Waals surface area contributed by atoms with Crippen molar-refractivity contribution in [1.82, 2.24) is 10.2 Å². The van der Waals surface area contributed by atoms with Crippen molar-refractivity contribution in [3.63, 3.8) is 0 Å². The molecule has 0 amide bonds. The maximum absolute atomic E-state index is 5.88. The van der Waals surface area contributed by atoms with E-state index in [9.17, 15) is 0 Å². The van der Waals surface area contributed by atoms with Crippen molar-refractivity contribution in [3.05, 3.63) is 30.2 Å². The molecule has 1 aromatic carbocycles. The van der Waals surface area contributed by atoms with Crippen molar-refractivity contribution in [2.24, 2.45) is 0 Å².